The van der Waals surface area contributed by atoms with E-state index in [1.807, 2.05) is 18.7 Å². The monoisotopic (exact) mass is 614 g/mol. The van der Waals surface area contributed by atoms with Crippen molar-refractivity contribution in [2.75, 3.05) is 26.2 Å². The van der Waals surface area contributed by atoms with Gasteiger partial charge in [0.1, 0.15) is 0 Å². The van der Waals surface area contributed by atoms with E-state index < -0.39 is 8.32 Å². The Morgan fingerprint density at radius 1 is 0.977 bits per heavy atom. The molecule has 2 aliphatic heterocycles. The van der Waals surface area contributed by atoms with Crippen molar-refractivity contribution < 1.29 is 14.0 Å². The maximum Gasteiger partial charge on any atom is 0.274 e. The van der Waals surface area contributed by atoms with E-state index >= 15 is 0 Å². The number of morpholine rings is 1. The molecular weight excluding hydrogens is 565 g/mol. The van der Waals surface area contributed by atoms with Crippen LogP contribution in [0.15, 0.2) is 60.7 Å². The standard InChI is InChI=1S/C36H50N4O3Si/c1-26-23-39(24-27(2)42-26)35(41)34-31-17-12-18-32(31)40(38-34)25-33(28-19-21-37-22-20-28)43-44(36(3,4)5,29-13-8-6-9-14-29)30-15-10-7-11-16-30/h6-11,13-16,26-28,33,37H,12,17-25H2,1-5H3/t26-,27+,33?. The summed E-state index contributed by atoms with van der Waals surface area (Å²) in [6, 6.07) is 21.9. The van der Waals surface area contributed by atoms with Crippen molar-refractivity contribution in [2.45, 2.75) is 96.6 Å². The summed E-state index contributed by atoms with van der Waals surface area (Å²) in [4.78, 5) is 15.9. The van der Waals surface area contributed by atoms with Crippen LogP contribution in [0.2, 0.25) is 5.04 Å². The summed E-state index contributed by atoms with van der Waals surface area (Å²) in [5.41, 5.74) is 3.03. The number of ether oxygens (including phenoxy) is 1. The Balaban J connectivity index is 1.40. The molecule has 1 aromatic heterocycles. The lowest BCUT2D eigenvalue weighted by molar-refractivity contribution is -0.0587. The van der Waals surface area contributed by atoms with Gasteiger partial charge in [-0.25, -0.2) is 0 Å². The molecule has 0 bridgehead atoms. The van der Waals surface area contributed by atoms with Crippen LogP contribution in [-0.2, 0) is 28.5 Å². The fourth-order valence-corrected chi connectivity index (χ4v) is 12.6. The molecular formula is C36H50N4O3Si. The molecule has 3 atom stereocenters. The molecule has 3 aromatic rings. The summed E-state index contributed by atoms with van der Waals surface area (Å²) in [7, 11) is -2.78. The fourth-order valence-electron chi connectivity index (χ4n) is 7.91. The summed E-state index contributed by atoms with van der Waals surface area (Å²) in [6.45, 7) is 15.0. The van der Waals surface area contributed by atoms with E-state index in [1.165, 1.54) is 16.1 Å². The van der Waals surface area contributed by atoms with Gasteiger partial charge >= 0.3 is 0 Å². The number of benzene rings is 2. The Kier molecular flexibility index (Phi) is 9.16. The highest BCUT2D eigenvalue weighted by atomic mass is 28.4. The van der Waals surface area contributed by atoms with E-state index in [0.29, 0.717) is 31.2 Å². The minimum atomic E-state index is -2.78. The van der Waals surface area contributed by atoms with Crippen LogP contribution in [0.5, 0.6) is 0 Å². The van der Waals surface area contributed by atoms with Gasteiger partial charge in [-0.15, -0.1) is 0 Å². The summed E-state index contributed by atoms with van der Waals surface area (Å²) in [5.74, 6) is 0.453. The summed E-state index contributed by atoms with van der Waals surface area (Å²) in [5, 5.41) is 11.2. The molecule has 1 N–H and O–H groups in total. The van der Waals surface area contributed by atoms with Crippen molar-refractivity contribution in [3.63, 3.8) is 0 Å². The molecule has 1 aliphatic carbocycles. The van der Waals surface area contributed by atoms with E-state index in [9.17, 15) is 4.79 Å². The zero-order valence-electron chi connectivity index (χ0n) is 27.2. The summed E-state index contributed by atoms with van der Waals surface area (Å²) < 4.78 is 15.9. The number of aromatic nitrogens is 2. The first-order valence-electron chi connectivity index (χ1n) is 16.7. The van der Waals surface area contributed by atoms with E-state index in [0.717, 1.165) is 50.8 Å². The normalized spacial score (nSPS) is 22.2. The SMILES string of the molecule is C[C@@H]1CN(C(=O)c2nn(CC(O[Si](c3ccccc3)(c3ccccc3)C(C)(C)C)C3CCNCC3)c3c2CCC3)C[C@H](C)O1. The smallest absolute Gasteiger partial charge is 0.274 e. The largest absolute Gasteiger partial charge is 0.402 e. The molecule has 1 amide bonds. The second-order valence-corrected chi connectivity index (χ2v) is 18.4. The minimum Gasteiger partial charge on any atom is -0.402 e. The van der Waals surface area contributed by atoms with E-state index in [-0.39, 0.29) is 29.3 Å². The molecule has 1 unspecified atom stereocenters. The summed E-state index contributed by atoms with van der Waals surface area (Å²) in [6.07, 6.45) is 5.12. The van der Waals surface area contributed by atoms with Gasteiger partial charge in [0.25, 0.3) is 14.2 Å². The van der Waals surface area contributed by atoms with Crippen LogP contribution in [0.1, 0.15) is 75.6 Å². The van der Waals surface area contributed by atoms with Crippen LogP contribution in [-0.4, -0.2) is 73.4 Å². The van der Waals surface area contributed by atoms with Crippen molar-refractivity contribution in [2.24, 2.45) is 5.92 Å². The average Bonchev–Trinajstić information content (AvgIpc) is 3.63. The van der Waals surface area contributed by atoms with Crippen LogP contribution in [0.4, 0.5) is 0 Å². The molecule has 2 aromatic carbocycles. The predicted molar refractivity (Wildman–Crippen MR) is 178 cm³/mol. The van der Waals surface area contributed by atoms with Gasteiger partial charge in [-0.1, -0.05) is 81.4 Å². The lowest BCUT2D eigenvalue weighted by Crippen LogP contribution is -2.68. The van der Waals surface area contributed by atoms with Crippen LogP contribution >= 0.6 is 0 Å². The lowest BCUT2D eigenvalue weighted by atomic mass is 9.92. The zero-order chi connectivity index (χ0) is 30.9. The molecule has 3 aliphatic rings. The maximum absolute atomic E-state index is 13.9. The number of rotatable bonds is 8. The van der Waals surface area contributed by atoms with E-state index in [1.54, 1.807) is 0 Å². The van der Waals surface area contributed by atoms with Crippen LogP contribution < -0.4 is 15.7 Å². The number of piperidine rings is 1. The van der Waals surface area contributed by atoms with Crippen LogP contribution in [0, 0.1) is 5.92 Å². The van der Waals surface area contributed by atoms with Gasteiger partial charge in [0, 0.05) is 24.3 Å². The highest BCUT2D eigenvalue weighted by Gasteiger charge is 2.52. The minimum absolute atomic E-state index is 0.0283. The number of fused-ring (bicyclic) bond motifs is 1. The second kappa shape index (κ2) is 12.9. The molecule has 8 heteroatoms. The third kappa shape index (κ3) is 6.06. The first-order valence-corrected chi connectivity index (χ1v) is 18.6. The topological polar surface area (TPSA) is 68.6 Å². The Morgan fingerprint density at radius 2 is 1.57 bits per heavy atom. The average molecular weight is 615 g/mol. The third-order valence-corrected chi connectivity index (χ3v) is 15.0. The highest BCUT2D eigenvalue weighted by molar-refractivity contribution is 6.99. The molecule has 44 heavy (non-hydrogen) atoms. The number of nitrogens with zero attached hydrogens (tertiary/aromatic N) is 3. The molecule has 2 saturated heterocycles. The maximum atomic E-state index is 13.9. The molecule has 3 heterocycles. The molecule has 0 spiro atoms. The summed E-state index contributed by atoms with van der Waals surface area (Å²) >= 11 is 0. The second-order valence-electron chi connectivity index (χ2n) is 14.2. The predicted octanol–water partition coefficient (Wildman–Crippen LogP) is 4.57. The van der Waals surface area contributed by atoms with Gasteiger partial charge < -0.3 is 19.4 Å². The molecule has 6 rings (SSSR count). The Bertz CT molecular complexity index is 1360. The quantitative estimate of drug-likeness (QED) is 0.377. The third-order valence-electron chi connectivity index (χ3n) is 9.92. The van der Waals surface area contributed by atoms with Crippen molar-refractivity contribution >= 4 is 24.6 Å². The van der Waals surface area contributed by atoms with Gasteiger partial charge in [0.15, 0.2) is 5.69 Å². The van der Waals surface area contributed by atoms with Crippen molar-refractivity contribution in [3.05, 3.63) is 77.6 Å². The molecule has 0 saturated carbocycles. The van der Waals surface area contributed by atoms with Gasteiger partial charge in [0.2, 0.25) is 0 Å². The Hall–Kier alpha value is -2.78. The van der Waals surface area contributed by atoms with E-state index in [2.05, 4.69) is 91.4 Å². The molecule has 236 valence electrons. The fraction of sp³-hybridized carbons (Fsp3) is 0.556. The Morgan fingerprint density at radius 3 is 2.14 bits per heavy atom. The number of hydrogen-bond acceptors (Lipinski definition) is 5. The lowest BCUT2D eigenvalue weighted by Gasteiger charge is -2.47. The molecule has 2 fully saturated rings. The van der Waals surface area contributed by atoms with Gasteiger partial charge in [-0.3, -0.25) is 9.48 Å². The van der Waals surface area contributed by atoms with Crippen LogP contribution in [0.3, 0.4) is 0 Å². The van der Waals surface area contributed by atoms with Gasteiger partial charge in [0.05, 0.1) is 24.9 Å². The Labute approximate surface area is 264 Å². The van der Waals surface area contributed by atoms with Gasteiger partial charge in [-0.2, -0.15) is 5.10 Å². The number of carbonyl (C=O) groups is 1. The zero-order valence-corrected chi connectivity index (χ0v) is 28.2. The first-order chi connectivity index (χ1) is 21.2. The van der Waals surface area contributed by atoms with Crippen molar-refractivity contribution in [1.29, 1.82) is 0 Å². The van der Waals surface area contributed by atoms with Gasteiger partial charge in [-0.05, 0) is 80.4 Å². The van der Waals surface area contributed by atoms with Crippen molar-refractivity contribution in [3.8, 4) is 0 Å². The number of nitrogens with one attached hydrogen (secondary N) is 1. The number of hydrogen-bond donors (Lipinski definition) is 1. The highest BCUT2D eigenvalue weighted by Crippen LogP contribution is 2.40. The molecule has 0 radical (unpaired) electrons. The van der Waals surface area contributed by atoms with Crippen LogP contribution in [0.25, 0.3) is 0 Å². The number of amides is 1. The first kappa shape index (κ1) is 31.2. The number of carbonyl (C=O) groups excluding carboxylic acids is 1. The van der Waals surface area contributed by atoms with E-state index in [4.69, 9.17) is 14.3 Å². The van der Waals surface area contributed by atoms with Crippen molar-refractivity contribution in [1.82, 2.24) is 20.0 Å². The molecule has 7 nitrogen and oxygen atoms in total.